The number of methoxy groups -OCH3 is 1. The van der Waals surface area contributed by atoms with E-state index in [4.69, 9.17) is 52.4 Å². The summed E-state index contributed by atoms with van der Waals surface area (Å²) in [7, 11) is 1.61. The van der Waals surface area contributed by atoms with Crippen molar-refractivity contribution < 1.29 is 100 Å². The van der Waals surface area contributed by atoms with Gasteiger partial charge in [-0.05, 0) is 68.2 Å². The predicted molar refractivity (Wildman–Crippen MR) is 334 cm³/mol. The van der Waals surface area contributed by atoms with Gasteiger partial charge in [0.2, 0.25) is 35.4 Å². The molecule has 5 heterocycles. The summed E-state index contributed by atoms with van der Waals surface area (Å²) in [6, 6.07) is -1.37. The number of pyridine rings is 2. The zero-order valence-corrected chi connectivity index (χ0v) is 54.6. The molecule has 5 atom stereocenters. The van der Waals surface area contributed by atoms with Crippen LogP contribution in [0, 0.1) is 18.7 Å². The quantitative estimate of drug-likeness (QED) is 0.0131. The van der Waals surface area contributed by atoms with E-state index < -0.39 is 114 Å². The minimum Gasteiger partial charge on any atom is -0.458 e. The van der Waals surface area contributed by atoms with Gasteiger partial charge in [0.25, 0.3) is 17.4 Å². The number of hydrogen-bond acceptors (Lipinski definition) is 22. The standard InChI is InChI=1S/C64H88FN9O21/c1-7-64(85)44-32-49-58-42(34-74(49)62(83)43(44)35-95-63(64)84)56-46(9-8-41-39(4)45(65)33-48(71-58)55(41)56)69-52(77)36-94-37-67-59(80)40(5)68-61(82)57(38(2)3)72-50(75)11-10-47(70-51(76)14-16-73-53(78)12-13-54(73)79)60(81)66-15-17-87-20-21-89-24-25-91-28-29-93-31-30-92-27-26-90-23-22-88-19-18-86-6/h12-13,32-33,38,40,46-47,57,85H,7-11,14-31,34-37H2,1-6H3,(H,66,81)(H,67,80)(H,68,82)(H,69,77)(H,70,76)(H,72,75)/t40-,46-,47-,57-,64-/m0/s1. The van der Waals surface area contributed by atoms with E-state index in [0.29, 0.717) is 137 Å². The fourth-order valence-corrected chi connectivity index (χ4v) is 11.1. The molecule has 7 rings (SSSR count). The van der Waals surface area contributed by atoms with Crippen molar-refractivity contribution >= 4 is 64.1 Å². The van der Waals surface area contributed by atoms with Crippen LogP contribution >= 0.6 is 0 Å². The first kappa shape index (κ1) is 74.7. The first-order valence-corrected chi connectivity index (χ1v) is 31.9. The molecule has 31 heteroatoms. The number of halogens is 1. The number of carbonyl (C=O) groups is 9. The van der Waals surface area contributed by atoms with Gasteiger partial charge in [-0.3, -0.25) is 48.1 Å². The molecule has 0 radical (unpaired) electrons. The molecule has 0 saturated heterocycles. The van der Waals surface area contributed by atoms with Crippen LogP contribution < -0.4 is 37.5 Å². The molecule has 0 fully saturated rings. The van der Waals surface area contributed by atoms with Gasteiger partial charge in [-0.25, -0.2) is 14.2 Å². The lowest BCUT2D eigenvalue weighted by Gasteiger charge is -2.31. The molecule has 522 valence electrons. The molecule has 1 aliphatic carbocycles. The minimum absolute atomic E-state index is 0.0230. The average Bonchev–Trinajstić information content (AvgIpc) is 1.50. The monoisotopic (exact) mass is 1340 g/mol. The van der Waals surface area contributed by atoms with Gasteiger partial charge in [0.1, 0.15) is 43.9 Å². The fraction of sp³-hybridized carbons (Fsp3) is 0.609. The Kier molecular flexibility index (Phi) is 29.1. The molecule has 2 aromatic heterocycles. The minimum atomic E-state index is -2.07. The Labute approximate surface area is 548 Å². The van der Waals surface area contributed by atoms with Gasteiger partial charge in [0, 0.05) is 67.8 Å². The highest BCUT2D eigenvalue weighted by Crippen LogP contribution is 2.46. The molecule has 0 bridgehead atoms. The number of aryl methyl sites for hydroxylation is 1. The maximum Gasteiger partial charge on any atom is 0.343 e. The third kappa shape index (κ3) is 20.4. The number of rotatable bonds is 43. The van der Waals surface area contributed by atoms with Gasteiger partial charge in [-0.15, -0.1) is 0 Å². The second-order valence-corrected chi connectivity index (χ2v) is 23.2. The number of esters is 1. The van der Waals surface area contributed by atoms with Gasteiger partial charge >= 0.3 is 5.97 Å². The van der Waals surface area contributed by atoms with E-state index in [2.05, 4.69) is 31.9 Å². The Morgan fingerprint density at radius 3 is 1.89 bits per heavy atom. The second kappa shape index (κ2) is 37.0. The Hall–Kier alpha value is -7.72. The molecule has 0 saturated carbocycles. The molecule has 95 heavy (non-hydrogen) atoms. The van der Waals surface area contributed by atoms with Crippen molar-refractivity contribution in [2.45, 2.75) is 116 Å². The lowest BCUT2D eigenvalue weighted by Crippen LogP contribution is -2.55. The fourth-order valence-electron chi connectivity index (χ4n) is 11.1. The van der Waals surface area contributed by atoms with Crippen LogP contribution in [0.25, 0.3) is 22.3 Å². The van der Waals surface area contributed by atoms with Crippen molar-refractivity contribution in [2.75, 3.05) is 133 Å². The van der Waals surface area contributed by atoms with E-state index in [1.807, 2.05) is 0 Å². The number of cyclic esters (lactones) is 1. The maximum atomic E-state index is 15.4. The van der Waals surface area contributed by atoms with Gasteiger partial charge in [-0.2, -0.15) is 0 Å². The smallest absolute Gasteiger partial charge is 0.343 e. The summed E-state index contributed by atoms with van der Waals surface area (Å²) in [6.07, 6.45) is 1.92. The number of hydrogen-bond donors (Lipinski definition) is 7. The number of ether oxygens (including phenoxy) is 10. The van der Waals surface area contributed by atoms with Crippen LogP contribution in [0.1, 0.15) is 99.2 Å². The number of carbonyl (C=O) groups excluding carboxylic acids is 9. The summed E-state index contributed by atoms with van der Waals surface area (Å²) < 4.78 is 70.9. The Morgan fingerprint density at radius 2 is 1.31 bits per heavy atom. The van der Waals surface area contributed by atoms with Gasteiger partial charge in [0.05, 0.1) is 134 Å². The normalized spacial score (nSPS) is 17.0. The highest BCUT2D eigenvalue weighted by molar-refractivity contribution is 6.13. The number of amides is 8. The first-order valence-electron chi connectivity index (χ1n) is 31.9. The van der Waals surface area contributed by atoms with Crippen LogP contribution in [0.4, 0.5) is 4.39 Å². The SMILES string of the molecule is CC[C@@]1(O)C(=O)OCc2c1cc1n(c2=O)Cc2c-1nc1cc(F)c(C)c3c1c2[C@@H](NC(=O)COCNC(=O)[C@H](C)NC(=O)[C@@H](NC(=O)CC[C@H](NC(=O)CCN1C(=O)C=CC1=O)C(=O)NCCOCCOCCOCCOCCOCCOCCOCCOC)C(C)C)CC3. The number of nitrogens with zero attached hydrogens (tertiary/aromatic N) is 3. The van der Waals surface area contributed by atoms with E-state index in [1.165, 1.54) is 17.6 Å². The van der Waals surface area contributed by atoms with E-state index in [0.717, 1.165) is 17.1 Å². The molecule has 4 aliphatic rings. The number of nitrogens with one attached hydrogen (secondary N) is 6. The highest BCUT2D eigenvalue weighted by atomic mass is 19.1. The molecule has 3 aromatic rings. The van der Waals surface area contributed by atoms with E-state index in [9.17, 15) is 53.1 Å². The van der Waals surface area contributed by atoms with Crippen LogP contribution in [0.5, 0.6) is 0 Å². The summed E-state index contributed by atoms with van der Waals surface area (Å²) in [5.41, 5.74) is 1.02. The van der Waals surface area contributed by atoms with E-state index >= 15 is 4.39 Å². The zero-order valence-electron chi connectivity index (χ0n) is 54.6. The van der Waals surface area contributed by atoms with E-state index in [1.54, 1.807) is 40.9 Å². The van der Waals surface area contributed by atoms with Crippen LogP contribution in [-0.4, -0.2) is 224 Å². The van der Waals surface area contributed by atoms with Crippen molar-refractivity contribution in [2.24, 2.45) is 5.92 Å². The Morgan fingerprint density at radius 1 is 0.716 bits per heavy atom. The topological polar surface area (TPSA) is 376 Å². The summed E-state index contributed by atoms with van der Waals surface area (Å²) in [4.78, 5) is 137. The van der Waals surface area contributed by atoms with Crippen molar-refractivity contribution in [3.8, 4) is 11.4 Å². The molecular formula is C64H88FN9O21. The third-order valence-electron chi connectivity index (χ3n) is 16.3. The number of fused-ring (bicyclic) bond motifs is 5. The van der Waals surface area contributed by atoms with Crippen molar-refractivity contribution in [3.63, 3.8) is 0 Å². The summed E-state index contributed by atoms with van der Waals surface area (Å²) >= 11 is 0. The Balaban J connectivity index is 0.814. The van der Waals surface area contributed by atoms with Gasteiger partial charge < -0.3 is 88.9 Å². The molecule has 8 amide bonds. The van der Waals surface area contributed by atoms with Gasteiger partial charge in [-0.1, -0.05) is 20.8 Å². The molecular weight excluding hydrogens is 1250 g/mol. The second-order valence-electron chi connectivity index (χ2n) is 23.2. The van der Waals surface area contributed by atoms with Crippen molar-refractivity contribution in [1.82, 2.24) is 46.4 Å². The molecule has 7 N–H and O–H groups in total. The van der Waals surface area contributed by atoms with E-state index in [-0.39, 0.29) is 82.9 Å². The molecule has 30 nitrogen and oxygen atoms in total. The maximum absolute atomic E-state index is 15.4. The number of imide groups is 1. The van der Waals surface area contributed by atoms with Crippen LogP contribution in [0.2, 0.25) is 0 Å². The molecule has 0 unspecified atom stereocenters. The van der Waals surface area contributed by atoms with Crippen LogP contribution in [-0.2, 0) is 116 Å². The largest absolute Gasteiger partial charge is 0.458 e. The first-order chi connectivity index (χ1) is 45.7. The highest BCUT2D eigenvalue weighted by Gasteiger charge is 2.46. The lowest BCUT2D eigenvalue weighted by atomic mass is 9.81. The summed E-state index contributed by atoms with van der Waals surface area (Å²) in [5, 5.41) is 28.0. The van der Waals surface area contributed by atoms with Gasteiger partial charge in [0.15, 0.2) is 5.60 Å². The van der Waals surface area contributed by atoms with Crippen LogP contribution in [0.3, 0.4) is 0 Å². The molecule has 3 aliphatic heterocycles. The third-order valence-corrected chi connectivity index (χ3v) is 16.3. The zero-order chi connectivity index (χ0) is 68.6. The number of aromatic nitrogens is 2. The lowest BCUT2D eigenvalue weighted by molar-refractivity contribution is -0.172. The molecule has 1 aromatic carbocycles. The van der Waals surface area contributed by atoms with Crippen molar-refractivity contribution in [1.29, 1.82) is 0 Å². The predicted octanol–water partition coefficient (Wildman–Crippen LogP) is -0.175. The average molecular weight is 1340 g/mol. The summed E-state index contributed by atoms with van der Waals surface area (Å²) in [5.74, 6) is -7.00. The van der Waals surface area contributed by atoms with Crippen LogP contribution in [0.15, 0.2) is 29.1 Å². The Bertz CT molecular complexity index is 3310. The molecule has 0 spiro atoms. The number of aliphatic hydroxyl groups is 1. The van der Waals surface area contributed by atoms with Crippen molar-refractivity contribution in [3.05, 3.63) is 73.8 Å². The number of benzene rings is 1. The summed E-state index contributed by atoms with van der Waals surface area (Å²) in [6.45, 7) is 12.2.